The van der Waals surface area contributed by atoms with Crippen LogP contribution in [0.3, 0.4) is 0 Å². The number of carbonyl (C=O) groups is 1. The SMILES string of the molecule is Cl.NC(C(=O)N1CCC(Cc2ccc(F)cc2)CC1)C1CCOCC1. The topological polar surface area (TPSA) is 55.6 Å². The molecule has 25 heavy (non-hydrogen) atoms. The monoisotopic (exact) mass is 370 g/mol. The smallest absolute Gasteiger partial charge is 0.239 e. The lowest BCUT2D eigenvalue weighted by molar-refractivity contribution is -0.136. The third-order valence-electron chi connectivity index (χ3n) is 5.42. The van der Waals surface area contributed by atoms with E-state index in [9.17, 15) is 9.18 Å². The number of benzene rings is 1. The van der Waals surface area contributed by atoms with E-state index in [1.807, 2.05) is 17.0 Å². The minimum absolute atomic E-state index is 0. The van der Waals surface area contributed by atoms with Gasteiger partial charge in [0.25, 0.3) is 0 Å². The van der Waals surface area contributed by atoms with Crippen LogP contribution in [0.1, 0.15) is 31.2 Å². The number of likely N-dealkylation sites (tertiary alicyclic amines) is 1. The lowest BCUT2D eigenvalue weighted by Gasteiger charge is -2.36. The number of hydrogen-bond acceptors (Lipinski definition) is 3. The average Bonchev–Trinajstić information content (AvgIpc) is 2.64. The van der Waals surface area contributed by atoms with E-state index in [4.69, 9.17) is 10.5 Å². The normalized spacial score (nSPS) is 20.8. The zero-order valence-corrected chi connectivity index (χ0v) is 15.3. The third kappa shape index (κ3) is 5.40. The van der Waals surface area contributed by atoms with E-state index < -0.39 is 0 Å². The molecule has 0 aliphatic carbocycles. The number of nitrogens with two attached hydrogens (primary N) is 1. The first-order chi connectivity index (χ1) is 11.6. The van der Waals surface area contributed by atoms with Crippen molar-refractivity contribution in [3.63, 3.8) is 0 Å². The molecule has 6 heteroatoms. The Labute approximate surface area is 155 Å². The molecule has 2 aliphatic heterocycles. The predicted molar refractivity (Wildman–Crippen MR) is 98.2 cm³/mol. The highest BCUT2D eigenvalue weighted by Crippen LogP contribution is 2.24. The number of nitrogens with zero attached hydrogens (tertiary/aromatic N) is 1. The van der Waals surface area contributed by atoms with Crippen molar-refractivity contribution in [1.29, 1.82) is 0 Å². The third-order valence-corrected chi connectivity index (χ3v) is 5.42. The minimum Gasteiger partial charge on any atom is -0.381 e. The lowest BCUT2D eigenvalue weighted by atomic mass is 9.88. The molecule has 0 saturated carbocycles. The summed E-state index contributed by atoms with van der Waals surface area (Å²) < 4.78 is 18.3. The highest BCUT2D eigenvalue weighted by Gasteiger charge is 2.31. The van der Waals surface area contributed by atoms with Crippen LogP contribution >= 0.6 is 12.4 Å². The van der Waals surface area contributed by atoms with Crippen molar-refractivity contribution < 1.29 is 13.9 Å². The molecule has 1 aromatic rings. The molecule has 1 aromatic carbocycles. The number of halogens is 2. The number of carbonyl (C=O) groups excluding carboxylic acids is 1. The molecule has 2 saturated heterocycles. The van der Waals surface area contributed by atoms with Gasteiger partial charge in [-0.3, -0.25) is 4.79 Å². The molecule has 1 amide bonds. The number of rotatable bonds is 4. The van der Waals surface area contributed by atoms with E-state index in [0.29, 0.717) is 19.1 Å². The Hall–Kier alpha value is -1.17. The molecule has 0 spiro atoms. The van der Waals surface area contributed by atoms with Gasteiger partial charge in [-0.05, 0) is 61.6 Å². The number of piperidine rings is 1. The molecular weight excluding hydrogens is 343 g/mol. The van der Waals surface area contributed by atoms with E-state index in [2.05, 4.69) is 0 Å². The molecule has 2 aliphatic rings. The van der Waals surface area contributed by atoms with Gasteiger partial charge in [0.15, 0.2) is 0 Å². The van der Waals surface area contributed by atoms with Crippen LogP contribution < -0.4 is 5.73 Å². The molecule has 3 rings (SSSR count). The summed E-state index contributed by atoms with van der Waals surface area (Å²) in [6.45, 7) is 2.99. The Balaban J connectivity index is 0.00000225. The summed E-state index contributed by atoms with van der Waals surface area (Å²) in [7, 11) is 0. The molecule has 1 atom stereocenters. The van der Waals surface area contributed by atoms with Crippen molar-refractivity contribution in [3.05, 3.63) is 35.6 Å². The van der Waals surface area contributed by atoms with Gasteiger partial charge >= 0.3 is 0 Å². The van der Waals surface area contributed by atoms with Gasteiger partial charge in [-0.25, -0.2) is 4.39 Å². The molecule has 0 radical (unpaired) electrons. The first-order valence-electron chi connectivity index (χ1n) is 9.00. The maximum atomic E-state index is 13.0. The molecule has 2 heterocycles. The second-order valence-electron chi connectivity index (χ2n) is 7.07. The standard InChI is InChI=1S/C19H27FN2O2.ClH/c20-17-3-1-14(2-4-17)13-15-5-9-22(10-6-15)19(23)18(21)16-7-11-24-12-8-16;/h1-4,15-16,18H,5-13,21H2;1H. The largest absolute Gasteiger partial charge is 0.381 e. The zero-order chi connectivity index (χ0) is 16.9. The van der Waals surface area contributed by atoms with Crippen LogP contribution in [-0.2, 0) is 16.0 Å². The fourth-order valence-corrected chi connectivity index (χ4v) is 3.80. The number of hydrogen-bond donors (Lipinski definition) is 1. The summed E-state index contributed by atoms with van der Waals surface area (Å²) in [5.74, 6) is 0.713. The molecular formula is C19H28ClFN2O2. The van der Waals surface area contributed by atoms with Crippen LogP contribution in [0.5, 0.6) is 0 Å². The first kappa shape index (κ1) is 20.1. The van der Waals surface area contributed by atoms with Crippen molar-refractivity contribution in [2.75, 3.05) is 26.3 Å². The van der Waals surface area contributed by atoms with Gasteiger partial charge in [-0.15, -0.1) is 12.4 Å². The van der Waals surface area contributed by atoms with Crippen molar-refractivity contribution >= 4 is 18.3 Å². The van der Waals surface area contributed by atoms with Crippen LogP contribution in [0.4, 0.5) is 4.39 Å². The minimum atomic E-state index is -0.387. The Morgan fingerprint density at radius 2 is 1.76 bits per heavy atom. The fraction of sp³-hybridized carbons (Fsp3) is 0.632. The van der Waals surface area contributed by atoms with Gasteiger partial charge in [0.2, 0.25) is 5.91 Å². The number of amides is 1. The Morgan fingerprint density at radius 1 is 1.16 bits per heavy atom. The van der Waals surface area contributed by atoms with Gasteiger partial charge in [0.1, 0.15) is 5.82 Å². The van der Waals surface area contributed by atoms with Gasteiger partial charge in [-0.1, -0.05) is 12.1 Å². The van der Waals surface area contributed by atoms with Gasteiger partial charge < -0.3 is 15.4 Å². The predicted octanol–water partition coefficient (Wildman–Crippen LogP) is 2.78. The van der Waals surface area contributed by atoms with E-state index in [1.54, 1.807) is 0 Å². The van der Waals surface area contributed by atoms with Crippen molar-refractivity contribution in [1.82, 2.24) is 4.90 Å². The van der Waals surface area contributed by atoms with E-state index in [0.717, 1.165) is 45.2 Å². The van der Waals surface area contributed by atoms with Gasteiger partial charge in [0.05, 0.1) is 6.04 Å². The van der Waals surface area contributed by atoms with Gasteiger partial charge in [-0.2, -0.15) is 0 Å². The van der Waals surface area contributed by atoms with Crippen LogP contribution in [-0.4, -0.2) is 43.2 Å². The summed E-state index contributed by atoms with van der Waals surface area (Å²) in [4.78, 5) is 14.6. The van der Waals surface area contributed by atoms with Crippen LogP contribution in [0, 0.1) is 17.7 Å². The quantitative estimate of drug-likeness (QED) is 0.886. The molecule has 2 N–H and O–H groups in total. The molecule has 1 unspecified atom stereocenters. The lowest BCUT2D eigenvalue weighted by Crippen LogP contribution is -2.51. The van der Waals surface area contributed by atoms with Crippen LogP contribution in [0.2, 0.25) is 0 Å². The van der Waals surface area contributed by atoms with Crippen LogP contribution in [0.25, 0.3) is 0 Å². The number of ether oxygens (including phenoxy) is 1. The average molecular weight is 371 g/mol. The van der Waals surface area contributed by atoms with Crippen molar-refractivity contribution in [2.45, 2.75) is 38.1 Å². The summed E-state index contributed by atoms with van der Waals surface area (Å²) in [5, 5.41) is 0. The molecule has 2 fully saturated rings. The Kier molecular flexibility index (Phi) is 7.66. The maximum absolute atomic E-state index is 13.0. The Bertz CT molecular complexity index is 541. The van der Waals surface area contributed by atoms with Crippen molar-refractivity contribution in [2.24, 2.45) is 17.6 Å². The molecule has 4 nitrogen and oxygen atoms in total. The van der Waals surface area contributed by atoms with Gasteiger partial charge in [0, 0.05) is 26.3 Å². The summed E-state index contributed by atoms with van der Waals surface area (Å²) in [6, 6.07) is 6.35. The summed E-state index contributed by atoms with van der Waals surface area (Å²) in [6.07, 6.45) is 4.70. The van der Waals surface area contributed by atoms with E-state index in [1.165, 1.54) is 17.7 Å². The summed E-state index contributed by atoms with van der Waals surface area (Å²) >= 11 is 0. The zero-order valence-electron chi connectivity index (χ0n) is 14.5. The fourth-order valence-electron chi connectivity index (χ4n) is 3.80. The first-order valence-corrected chi connectivity index (χ1v) is 9.00. The highest BCUT2D eigenvalue weighted by molar-refractivity contribution is 5.85. The molecule has 0 bridgehead atoms. The second-order valence-corrected chi connectivity index (χ2v) is 7.07. The highest BCUT2D eigenvalue weighted by atomic mass is 35.5. The summed E-state index contributed by atoms with van der Waals surface area (Å²) in [5.41, 5.74) is 7.38. The van der Waals surface area contributed by atoms with Crippen molar-refractivity contribution in [3.8, 4) is 0 Å². The molecule has 140 valence electrons. The van der Waals surface area contributed by atoms with Crippen LogP contribution in [0.15, 0.2) is 24.3 Å². The van der Waals surface area contributed by atoms with E-state index >= 15 is 0 Å². The molecule has 0 aromatic heterocycles. The van der Waals surface area contributed by atoms with E-state index in [-0.39, 0.29) is 36.1 Å². The maximum Gasteiger partial charge on any atom is 0.239 e. The second kappa shape index (κ2) is 9.51. The Morgan fingerprint density at radius 3 is 2.36 bits per heavy atom.